The van der Waals surface area contributed by atoms with Crippen molar-refractivity contribution in [1.29, 1.82) is 0 Å². The van der Waals surface area contributed by atoms with Crippen molar-refractivity contribution in [3.63, 3.8) is 0 Å². The average Bonchev–Trinajstić information content (AvgIpc) is 3.21. The van der Waals surface area contributed by atoms with Crippen LogP contribution in [0.5, 0.6) is 0 Å². The number of rotatable bonds is 2. The fourth-order valence-electron chi connectivity index (χ4n) is 4.42. The Kier molecular flexibility index (Phi) is 3.49. The van der Waals surface area contributed by atoms with E-state index in [4.69, 9.17) is 0 Å². The second kappa shape index (κ2) is 5.53. The first-order valence-corrected chi connectivity index (χ1v) is 8.31. The van der Waals surface area contributed by atoms with Crippen LogP contribution in [0.3, 0.4) is 0 Å². The molecule has 1 aromatic carbocycles. The Labute approximate surface area is 137 Å². The van der Waals surface area contributed by atoms with Gasteiger partial charge in [0, 0.05) is 44.8 Å². The summed E-state index contributed by atoms with van der Waals surface area (Å²) in [7, 11) is 4.14. The van der Waals surface area contributed by atoms with Crippen LogP contribution in [0.2, 0.25) is 0 Å². The minimum atomic E-state index is 0.168. The highest BCUT2D eigenvalue weighted by Gasteiger charge is 2.47. The number of likely N-dealkylation sites (tertiary alicyclic amines) is 2. The van der Waals surface area contributed by atoms with Crippen LogP contribution in [-0.2, 0) is 7.05 Å². The van der Waals surface area contributed by atoms with Crippen LogP contribution in [0.15, 0.2) is 48.7 Å². The molecule has 0 N–H and O–H groups in total. The Balaban J connectivity index is 1.56. The molecule has 0 spiro atoms. The Morgan fingerprint density at radius 2 is 1.78 bits per heavy atom. The van der Waals surface area contributed by atoms with Crippen molar-refractivity contribution >= 4 is 5.91 Å². The molecular formula is C19H23N3O. The van der Waals surface area contributed by atoms with Crippen LogP contribution < -0.4 is 0 Å². The maximum atomic E-state index is 12.8. The van der Waals surface area contributed by atoms with E-state index in [9.17, 15) is 4.79 Å². The van der Waals surface area contributed by atoms with E-state index in [0.29, 0.717) is 17.9 Å². The van der Waals surface area contributed by atoms with Gasteiger partial charge in [0.1, 0.15) is 5.69 Å². The number of hydrogen-bond acceptors (Lipinski definition) is 2. The lowest BCUT2D eigenvalue weighted by molar-refractivity contribution is 0.0758. The van der Waals surface area contributed by atoms with Crippen LogP contribution in [0.25, 0.3) is 0 Å². The van der Waals surface area contributed by atoms with E-state index in [1.807, 2.05) is 34.8 Å². The number of carbonyl (C=O) groups excluding carboxylic acids is 1. The number of aryl methyl sites for hydroxylation is 1. The van der Waals surface area contributed by atoms with Gasteiger partial charge in [-0.25, -0.2) is 0 Å². The van der Waals surface area contributed by atoms with Gasteiger partial charge in [-0.3, -0.25) is 9.69 Å². The van der Waals surface area contributed by atoms with Gasteiger partial charge in [-0.2, -0.15) is 0 Å². The maximum absolute atomic E-state index is 12.8. The number of carbonyl (C=O) groups is 1. The molecule has 0 radical (unpaired) electrons. The van der Waals surface area contributed by atoms with Gasteiger partial charge in [-0.05, 0) is 30.7 Å². The molecule has 1 aromatic heterocycles. The summed E-state index contributed by atoms with van der Waals surface area (Å²) in [5.74, 6) is 1.28. The molecular weight excluding hydrogens is 286 g/mol. The lowest BCUT2D eigenvalue weighted by Crippen LogP contribution is -2.34. The molecule has 4 heteroatoms. The highest BCUT2D eigenvalue weighted by atomic mass is 16.2. The predicted molar refractivity (Wildman–Crippen MR) is 90.1 cm³/mol. The summed E-state index contributed by atoms with van der Waals surface area (Å²) in [4.78, 5) is 17.3. The molecule has 0 saturated carbocycles. The van der Waals surface area contributed by atoms with E-state index < -0.39 is 0 Å². The van der Waals surface area contributed by atoms with Crippen LogP contribution in [-0.4, -0.2) is 47.0 Å². The highest BCUT2D eigenvalue weighted by Crippen LogP contribution is 2.44. The molecule has 0 bridgehead atoms. The zero-order valence-corrected chi connectivity index (χ0v) is 13.7. The molecule has 23 heavy (non-hydrogen) atoms. The van der Waals surface area contributed by atoms with Crippen LogP contribution >= 0.6 is 0 Å². The third kappa shape index (κ3) is 2.38. The fraction of sp³-hybridized carbons (Fsp3) is 0.421. The summed E-state index contributed by atoms with van der Waals surface area (Å²) < 4.78 is 1.91. The van der Waals surface area contributed by atoms with Gasteiger partial charge in [0.2, 0.25) is 0 Å². The van der Waals surface area contributed by atoms with Crippen LogP contribution in [0.1, 0.15) is 22.1 Å². The molecule has 0 aliphatic carbocycles. The van der Waals surface area contributed by atoms with Crippen molar-refractivity contribution in [3.05, 3.63) is 59.9 Å². The van der Waals surface area contributed by atoms with E-state index in [1.165, 1.54) is 5.56 Å². The second-order valence-electron chi connectivity index (χ2n) is 6.93. The third-order valence-electron chi connectivity index (χ3n) is 5.49. The van der Waals surface area contributed by atoms with Crippen molar-refractivity contribution in [2.45, 2.75) is 6.04 Å². The summed E-state index contributed by atoms with van der Waals surface area (Å²) in [6, 6.07) is 15.0. The topological polar surface area (TPSA) is 28.5 Å². The average molecular weight is 309 g/mol. The monoisotopic (exact) mass is 309 g/mol. The molecule has 2 aliphatic rings. The predicted octanol–water partition coefficient (Wildman–Crippen LogP) is 2.40. The zero-order chi connectivity index (χ0) is 16.0. The summed E-state index contributed by atoms with van der Waals surface area (Å²) in [6.07, 6.45) is 1.94. The standard InChI is InChI=1S/C19H23N3O/c1-20-10-6-9-17(20)19(23)22-12-15-11-21(2)18(16(15)13-22)14-7-4-3-5-8-14/h3-10,15-16,18H,11-13H2,1-2H3/t15-,16+,18-/m0/s1. The number of nitrogens with zero attached hydrogens (tertiary/aromatic N) is 3. The number of aromatic nitrogens is 1. The van der Waals surface area contributed by atoms with Crippen molar-refractivity contribution in [3.8, 4) is 0 Å². The number of benzene rings is 1. The second-order valence-corrected chi connectivity index (χ2v) is 6.93. The van der Waals surface area contributed by atoms with Crippen LogP contribution in [0, 0.1) is 11.8 Å². The smallest absolute Gasteiger partial charge is 0.270 e. The molecule has 120 valence electrons. The van der Waals surface area contributed by atoms with E-state index in [2.05, 4.69) is 42.3 Å². The highest BCUT2D eigenvalue weighted by molar-refractivity contribution is 5.93. The molecule has 3 heterocycles. The minimum Gasteiger partial charge on any atom is -0.347 e. The zero-order valence-electron chi connectivity index (χ0n) is 13.7. The summed E-state index contributed by atoms with van der Waals surface area (Å²) >= 11 is 0. The Morgan fingerprint density at radius 3 is 2.48 bits per heavy atom. The first-order valence-electron chi connectivity index (χ1n) is 8.31. The van der Waals surface area contributed by atoms with Crippen molar-refractivity contribution in [2.24, 2.45) is 18.9 Å². The Morgan fingerprint density at radius 1 is 1.00 bits per heavy atom. The molecule has 4 rings (SSSR count). The largest absolute Gasteiger partial charge is 0.347 e. The number of amides is 1. The van der Waals surface area contributed by atoms with Crippen LogP contribution in [0.4, 0.5) is 0 Å². The molecule has 2 saturated heterocycles. The lowest BCUT2D eigenvalue weighted by Gasteiger charge is -2.27. The van der Waals surface area contributed by atoms with Crippen molar-refractivity contribution in [2.75, 3.05) is 26.7 Å². The molecule has 4 nitrogen and oxygen atoms in total. The van der Waals surface area contributed by atoms with E-state index in [1.54, 1.807) is 0 Å². The van der Waals surface area contributed by atoms with Gasteiger partial charge in [0.25, 0.3) is 5.91 Å². The molecule has 2 aliphatic heterocycles. The fourth-order valence-corrected chi connectivity index (χ4v) is 4.42. The van der Waals surface area contributed by atoms with Gasteiger partial charge < -0.3 is 9.47 Å². The van der Waals surface area contributed by atoms with Crippen molar-refractivity contribution < 1.29 is 4.79 Å². The molecule has 3 atom stereocenters. The Hall–Kier alpha value is -2.07. The molecule has 1 amide bonds. The molecule has 2 aromatic rings. The van der Waals surface area contributed by atoms with Gasteiger partial charge in [-0.15, -0.1) is 0 Å². The van der Waals surface area contributed by atoms with Gasteiger partial charge in [-0.1, -0.05) is 30.3 Å². The Bertz CT molecular complexity index is 708. The van der Waals surface area contributed by atoms with Crippen molar-refractivity contribution in [1.82, 2.24) is 14.4 Å². The van der Waals surface area contributed by atoms with E-state index >= 15 is 0 Å². The normalized spacial score (nSPS) is 27.4. The van der Waals surface area contributed by atoms with Gasteiger partial charge >= 0.3 is 0 Å². The third-order valence-corrected chi connectivity index (χ3v) is 5.49. The quantitative estimate of drug-likeness (QED) is 0.852. The summed E-state index contributed by atoms with van der Waals surface area (Å²) in [5, 5.41) is 0. The lowest BCUT2D eigenvalue weighted by atomic mass is 9.90. The first kappa shape index (κ1) is 14.5. The first-order chi connectivity index (χ1) is 11.1. The maximum Gasteiger partial charge on any atom is 0.270 e. The summed E-state index contributed by atoms with van der Waals surface area (Å²) in [5.41, 5.74) is 2.16. The van der Waals surface area contributed by atoms with E-state index in [-0.39, 0.29) is 5.91 Å². The van der Waals surface area contributed by atoms with Gasteiger partial charge in [0.15, 0.2) is 0 Å². The molecule has 2 fully saturated rings. The summed E-state index contributed by atoms with van der Waals surface area (Å²) in [6.45, 7) is 2.81. The minimum absolute atomic E-state index is 0.168. The molecule has 0 unspecified atom stereocenters. The van der Waals surface area contributed by atoms with E-state index in [0.717, 1.165) is 25.3 Å². The number of fused-ring (bicyclic) bond motifs is 1. The SMILES string of the molecule is CN1C[C@H]2CN(C(=O)c3cccn3C)C[C@H]2[C@@H]1c1ccccc1. The van der Waals surface area contributed by atoms with Gasteiger partial charge in [0.05, 0.1) is 0 Å². The number of hydrogen-bond donors (Lipinski definition) is 0.